The van der Waals surface area contributed by atoms with Gasteiger partial charge >= 0.3 is 0 Å². The van der Waals surface area contributed by atoms with E-state index in [1.165, 1.54) is 43.5 Å². The lowest BCUT2D eigenvalue weighted by molar-refractivity contribution is 0.248. The summed E-state index contributed by atoms with van der Waals surface area (Å²) in [6.45, 7) is 17.9. The van der Waals surface area contributed by atoms with Gasteiger partial charge in [-0.05, 0) is 84.1 Å². The normalized spacial score (nSPS) is 14.5. The third-order valence-electron chi connectivity index (χ3n) is 7.23. The molecular weight excluding hydrogens is 510 g/mol. The average Bonchev–Trinajstić information content (AvgIpc) is 3.71. The van der Waals surface area contributed by atoms with Crippen molar-refractivity contribution in [2.45, 2.75) is 40.0 Å². The van der Waals surface area contributed by atoms with Gasteiger partial charge in [-0.1, -0.05) is 57.7 Å². The molecule has 2 N–H and O–H groups in total. The van der Waals surface area contributed by atoms with Gasteiger partial charge in [-0.3, -0.25) is 9.88 Å². The molecule has 0 aliphatic carbocycles. The molecule has 0 radical (unpaired) electrons. The first-order chi connectivity index (χ1) is 19.6. The highest BCUT2D eigenvalue weighted by Gasteiger charge is 2.17. The molecule has 4 aromatic rings. The number of allylic oxidation sites excluding steroid dienone is 3. The number of imidazole rings is 1. The number of rotatable bonds is 9. The Labute approximate surface area is 243 Å². The summed E-state index contributed by atoms with van der Waals surface area (Å²) in [5.41, 5.74) is 10.4. The monoisotopic (exact) mass is 551 g/mol. The van der Waals surface area contributed by atoms with Crippen molar-refractivity contribution in [3.05, 3.63) is 101 Å². The number of hydrogen-bond acceptors (Lipinski definition) is 5. The third-order valence-corrected chi connectivity index (χ3v) is 7.91. The molecule has 4 heterocycles. The molecule has 0 bridgehead atoms. The van der Waals surface area contributed by atoms with E-state index in [1.807, 2.05) is 39.4 Å². The van der Waals surface area contributed by atoms with E-state index >= 15 is 0 Å². The lowest BCUT2D eigenvalue weighted by atomic mass is 9.96. The molecule has 1 fully saturated rings. The Kier molecular flexibility index (Phi) is 10.3. The van der Waals surface area contributed by atoms with Crippen LogP contribution >= 0.6 is 11.3 Å². The van der Waals surface area contributed by atoms with Gasteiger partial charge in [0.1, 0.15) is 5.82 Å². The molecule has 0 spiro atoms. The van der Waals surface area contributed by atoms with Gasteiger partial charge in [0.15, 0.2) is 0 Å². The Bertz CT molecular complexity index is 1500. The Balaban J connectivity index is 0.00000181. The lowest BCUT2D eigenvalue weighted by Gasteiger charge is -2.26. The van der Waals surface area contributed by atoms with E-state index in [1.54, 1.807) is 11.3 Å². The maximum Gasteiger partial charge on any atom is 0.138 e. The molecular formula is C34H41N5S. The lowest BCUT2D eigenvalue weighted by Crippen LogP contribution is -2.31. The van der Waals surface area contributed by atoms with E-state index < -0.39 is 0 Å². The third kappa shape index (κ3) is 6.52. The summed E-state index contributed by atoms with van der Waals surface area (Å²) in [6.07, 6.45) is 14.0. The summed E-state index contributed by atoms with van der Waals surface area (Å²) in [7, 11) is 1.94. The molecule has 5 rings (SSSR count). The predicted octanol–water partition coefficient (Wildman–Crippen LogP) is 8.82. The number of benzene rings is 1. The fourth-order valence-electron chi connectivity index (χ4n) is 5.10. The van der Waals surface area contributed by atoms with Crippen molar-refractivity contribution in [2.75, 3.05) is 32.0 Å². The molecule has 1 aliphatic heterocycles. The number of fused-ring (bicyclic) bond motifs is 1. The molecule has 208 valence electrons. The van der Waals surface area contributed by atoms with Gasteiger partial charge < -0.3 is 10.3 Å². The summed E-state index contributed by atoms with van der Waals surface area (Å²) in [4.78, 5) is 15.4. The van der Waals surface area contributed by atoms with Crippen LogP contribution in [0.1, 0.15) is 57.0 Å². The predicted molar refractivity (Wildman–Crippen MR) is 175 cm³/mol. The van der Waals surface area contributed by atoms with E-state index in [0.29, 0.717) is 0 Å². The number of H-pyrrole nitrogens is 1. The van der Waals surface area contributed by atoms with Gasteiger partial charge in [0, 0.05) is 42.2 Å². The smallest absolute Gasteiger partial charge is 0.138 e. The number of aromatic nitrogens is 3. The number of nitrogens with one attached hydrogen (secondary N) is 2. The van der Waals surface area contributed by atoms with Gasteiger partial charge in [0.25, 0.3) is 0 Å². The highest BCUT2D eigenvalue weighted by Crippen LogP contribution is 2.34. The summed E-state index contributed by atoms with van der Waals surface area (Å²) in [6, 6.07) is 8.58. The van der Waals surface area contributed by atoms with Crippen LogP contribution in [-0.2, 0) is 0 Å². The number of thiophene rings is 1. The zero-order valence-corrected chi connectivity index (χ0v) is 25.1. The Morgan fingerprint density at radius 1 is 1.15 bits per heavy atom. The molecule has 6 heteroatoms. The SMILES string of the molecule is C=C/C(=C\C(=C/C)c1ccc(NC)c(C(=C)c2nc3c(-c4ccsc4)cncc3[nH]2)c1)CN1CCCCC1.CC. The second kappa shape index (κ2) is 14.1. The van der Waals surface area contributed by atoms with Gasteiger partial charge in [0.05, 0.1) is 17.2 Å². The van der Waals surface area contributed by atoms with Crippen molar-refractivity contribution in [1.29, 1.82) is 0 Å². The minimum absolute atomic E-state index is 0.743. The first-order valence-electron chi connectivity index (χ1n) is 14.2. The average molecular weight is 552 g/mol. The molecule has 0 atom stereocenters. The highest BCUT2D eigenvalue weighted by molar-refractivity contribution is 7.08. The largest absolute Gasteiger partial charge is 0.388 e. The zero-order chi connectivity index (χ0) is 28.5. The maximum absolute atomic E-state index is 4.98. The molecule has 0 amide bonds. The first kappa shape index (κ1) is 29.2. The van der Waals surface area contributed by atoms with Crippen LogP contribution in [0.3, 0.4) is 0 Å². The number of pyridine rings is 1. The number of nitrogens with zero attached hydrogens (tertiary/aromatic N) is 3. The fraction of sp³-hybridized carbons (Fsp3) is 0.294. The van der Waals surface area contributed by atoms with Crippen molar-refractivity contribution in [1.82, 2.24) is 19.9 Å². The van der Waals surface area contributed by atoms with E-state index in [0.717, 1.165) is 56.9 Å². The van der Waals surface area contributed by atoms with Crippen LogP contribution in [0.15, 0.2) is 84.4 Å². The van der Waals surface area contributed by atoms with Crippen LogP contribution in [-0.4, -0.2) is 46.5 Å². The minimum atomic E-state index is 0.743. The molecule has 1 aromatic carbocycles. The summed E-state index contributed by atoms with van der Waals surface area (Å²) >= 11 is 1.67. The van der Waals surface area contributed by atoms with Crippen molar-refractivity contribution >= 4 is 39.2 Å². The Morgan fingerprint density at radius 3 is 2.62 bits per heavy atom. The second-order valence-electron chi connectivity index (χ2n) is 9.67. The summed E-state index contributed by atoms with van der Waals surface area (Å²) < 4.78 is 0. The number of likely N-dealkylation sites (tertiary alicyclic amines) is 1. The summed E-state index contributed by atoms with van der Waals surface area (Å²) in [5, 5.41) is 7.53. The van der Waals surface area contributed by atoms with Gasteiger partial charge in [0.2, 0.25) is 0 Å². The molecule has 1 aliphatic rings. The van der Waals surface area contributed by atoms with E-state index in [4.69, 9.17) is 4.98 Å². The minimum Gasteiger partial charge on any atom is -0.388 e. The number of aromatic amines is 1. The van der Waals surface area contributed by atoms with Gasteiger partial charge in [-0.15, -0.1) is 0 Å². The van der Waals surface area contributed by atoms with Crippen molar-refractivity contribution < 1.29 is 0 Å². The van der Waals surface area contributed by atoms with Gasteiger partial charge in [-0.2, -0.15) is 11.3 Å². The van der Waals surface area contributed by atoms with Crippen LogP contribution in [0.2, 0.25) is 0 Å². The molecule has 0 saturated carbocycles. The van der Waals surface area contributed by atoms with Crippen LogP contribution in [0.5, 0.6) is 0 Å². The molecule has 40 heavy (non-hydrogen) atoms. The number of anilines is 1. The molecule has 3 aromatic heterocycles. The van der Waals surface area contributed by atoms with Crippen LogP contribution in [0, 0.1) is 0 Å². The first-order valence-corrected chi connectivity index (χ1v) is 15.1. The Hall–Kier alpha value is -3.74. The van der Waals surface area contributed by atoms with Crippen LogP contribution in [0.25, 0.3) is 33.3 Å². The molecule has 5 nitrogen and oxygen atoms in total. The maximum atomic E-state index is 4.98. The van der Waals surface area contributed by atoms with E-state index in [-0.39, 0.29) is 0 Å². The Morgan fingerprint density at radius 2 is 1.95 bits per heavy atom. The topological polar surface area (TPSA) is 56.8 Å². The number of piperidine rings is 1. The highest BCUT2D eigenvalue weighted by atomic mass is 32.1. The second-order valence-corrected chi connectivity index (χ2v) is 10.5. The molecule has 1 saturated heterocycles. The standard InChI is InChI=1S/C32H35N5S.C2H6/c1-5-23(20-37-13-8-7-9-14-37)16-24(6-2)25-10-11-29(33-4)27(17-25)22(3)32-35-30-19-34-18-28(31(30)36-32)26-12-15-38-21-26;1-2/h5-6,10-12,15-19,21,33H,1,3,7-9,13-14,20H2,2,4H3,(H,35,36);1-2H3/b23-16+,24-6+;. The zero-order valence-electron chi connectivity index (χ0n) is 24.3. The van der Waals surface area contributed by atoms with Crippen molar-refractivity contribution in [2.24, 2.45) is 0 Å². The fourth-order valence-corrected chi connectivity index (χ4v) is 5.76. The van der Waals surface area contributed by atoms with E-state index in [2.05, 4.69) is 87.4 Å². The number of hydrogen-bond donors (Lipinski definition) is 2. The van der Waals surface area contributed by atoms with Gasteiger partial charge in [-0.25, -0.2) is 4.98 Å². The van der Waals surface area contributed by atoms with Crippen molar-refractivity contribution in [3.8, 4) is 11.1 Å². The summed E-state index contributed by atoms with van der Waals surface area (Å²) in [5.74, 6) is 0.743. The van der Waals surface area contributed by atoms with Crippen LogP contribution in [0.4, 0.5) is 5.69 Å². The van der Waals surface area contributed by atoms with Crippen molar-refractivity contribution in [3.63, 3.8) is 0 Å². The molecule has 0 unspecified atom stereocenters. The van der Waals surface area contributed by atoms with Crippen LogP contribution < -0.4 is 5.32 Å². The quantitative estimate of drug-likeness (QED) is 0.204. The van der Waals surface area contributed by atoms with E-state index in [9.17, 15) is 0 Å².